The van der Waals surface area contributed by atoms with Crippen LogP contribution < -0.4 is 14.8 Å². The van der Waals surface area contributed by atoms with E-state index in [2.05, 4.69) is 10.1 Å². The molecule has 1 aliphatic carbocycles. The Kier molecular flexibility index (Phi) is 7.89. The van der Waals surface area contributed by atoms with Gasteiger partial charge in [-0.1, -0.05) is 18.9 Å². The Balaban J connectivity index is 0.00000280. The summed E-state index contributed by atoms with van der Waals surface area (Å²) in [4.78, 5) is 15.0. The van der Waals surface area contributed by atoms with Crippen molar-refractivity contribution >= 4 is 18.3 Å². The van der Waals surface area contributed by atoms with Gasteiger partial charge in [-0.3, -0.25) is 4.79 Å². The number of hydrogen-bond donors (Lipinski definition) is 1. The number of carbonyl (C=O) groups is 1. The number of ether oxygens (including phenoxy) is 2. The molecule has 8 heteroatoms. The minimum absolute atomic E-state index is 0. The molecule has 0 bridgehead atoms. The van der Waals surface area contributed by atoms with Crippen LogP contribution in [0, 0.1) is 11.3 Å². The third kappa shape index (κ3) is 4.69. The van der Waals surface area contributed by atoms with Crippen LogP contribution in [0.15, 0.2) is 18.2 Å². The highest BCUT2D eigenvalue weighted by atomic mass is 35.5. The predicted octanol–water partition coefficient (Wildman–Crippen LogP) is 3.85. The molecule has 2 fully saturated rings. The average molecular weight is 419 g/mol. The quantitative estimate of drug-likeness (QED) is 0.730. The van der Waals surface area contributed by atoms with Crippen LogP contribution >= 0.6 is 12.4 Å². The van der Waals surface area contributed by atoms with E-state index in [1.54, 1.807) is 24.0 Å². The highest BCUT2D eigenvalue weighted by Gasteiger charge is 2.50. The highest BCUT2D eigenvalue weighted by Crippen LogP contribution is 2.45. The van der Waals surface area contributed by atoms with Gasteiger partial charge in [0, 0.05) is 20.1 Å². The van der Waals surface area contributed by atoms with Crippen molar-refractivity contribution in [1.82, 2.24) is 10.2 Å². The monoisotopic (exact) mass is 418 g/mol. The Morgan fingerprint density at radius 1 is 1.36 bits per heavy atom. The maximum absolute atomic E-state index is 13.3. The van der Waals surface area contributed by atoms with Crippen LogP contribution in [0.1, 0.15) is 38.2 Å². The lowest BCUT2D eigenvalue weighted by molar-refractivity contribution is -0.144. The van der Waals surface area contributed by atoms with Crippen molar-refractivity contribution < 1.29 is 23.0 Å². The normalized spacial score (nSPS) is 23.7. The second kappa shape index (κ2) is 9.74. The summed E-state index contributed by atoms with van der Waals surface area (Å²) < 4.78 is 35.0. The van der Waals surface area contributed by atoms with Gasteiger partial charge in [0.15, 0.2) is 11.5 Å². The van der Waals surface area contributed by atoms with E-state index in [1.807, 2.05) is 7.05 Å². The zero-order valence-electron chi connectivity index (χ0n) is 16.4. The van der Waals surface area contributed by atoms with E-state index in [0.29, 0.717) is 19.1 Å². The number of amides is 1. The Morgan fingerprint density at radius 3 is 2.86 bits per heavy atom. The fraction of sp³-hybridized carbons (Fsp3) is 0.650. The molecular weight excluding hydrogens is 390 g/mol. The molecule has 2 atom stereocenters. The summed E-state index contributed by atoms with van der Waals surface area (Å²) >= 11 is 0. The molecule has 1 amide bonds. The Bertz CT molecular complexity index is 677. The van der Waals surface area contributed by atoms with Crippen molar-refractivity contribution in [2.45, 2.75) is 45.8 Å². The van der Waals surface area contributed by atoms with Gasteiger partial charge >= 0.3 is 6.61 Å². The van der Waals surface area contributed by atoms with Gasteiger partial charge < -0.3 is 19.7 Å². The molecule has 3 rings (SSSR count). The van der Waals surface area contributed by atoms with Crippen LogP contribution in [-0.4, -0.2) is 44.2 Å². The van der Waals surface area contributed by atoms with Gasteiger partial charge in [-0.05, 0) is 49.9 Å². The molecule has 0 radical (unpaired) electrons. The standard InChI is InChI=1S/C20H28F2N2O3.ClH/c1-3-26-17-10-14(7-8-16(17)27-19(21)22)12-24(2)18(25)20-9-5-4-6-15(20)11-23-13-20;/h7-8,10,15,19,23H,3-6,9,11-13H2,1-2H3;1H/t15-,20+;/m0./s1. The predicted molar refractivity (Wildman–Crippen MR) is 105 cm³/mol. The molecule has 0 aromatic heterocycles. The van der Waals surface area contributed by atoms with Crippen LogP contribution in [0.5, 0.6) is 11.5 Å². The third-order valence-electron chi connectivity index (χ3n) is 5.75. The molecule has 2 aliphatic rings. The number of fused-ring (bicyclic) bond motifs is 1. The first-order valence-electron chi connectivity index (χ1n) is 9.63. The van der Waals surface area contributed by atoms with Crippen LogP contribution in [0.2, 0.25) is 0 Å². The molecular formula is C20H29ClF2N2O3. The minimum atomic E-state index is -2.91. The van der Waals surface area contributed by atoms with Crippen LogP contribution in [0.25, 0.3) is 0 Å². The lowest BCUT2D eigenvalue weighted by Gasteiger charge is -2.39. The van der Waals surface area contributed by atoms with E-state index >= 15 is 0 Å². The van der Waals surface area contributed by atoms with Crippen molar-refractivity contribution in [3.8, 4) is 11.5 Å². The SMILES string of the molecule is CCOc1cc(CN(C)C(=O)[C@@]23CCCC[C@H]2CNC3)ccc1OC(F)F.Cl. The third-order valence-corrected chi connectivity index (χ3v) is 5.75. The summed E-state index contributed by atoms with van der Waals surface area (Å²) in [6.45, 7) is 1.28. The number of rotatable bonds is 7. The van der Waals surface area contributed by atoms with E-state index in [-0.39, 0.29) is 35.2 Å². The van der Waals surface area contributed by atoms with Gasteiger partial charge in [0.25, 0.3) is 0 Å². The fourth-order valence-electron chi connectivity index (χ4n) is 4.51. The summed E-state index contributed by atoms with van der Waals surface area (Å²) in [5.74, 6) is 0.855. The summed E-state index contributed by atoms with van der Waals surface area (Å²) in [6.07, 6.45) is 4.31. The molecule has 1 aromatic carbocycles. The van der Waals surface area contributed by atoms with Gasteiger partial charge in [0.05, 0.1) is 12.0 Å². The first-order valence-corrected chi connectivity index (χ1v) is 9.63. The summed E-state index contributed by atoms with van der Waals surface area (Å²) in [5.41, 5.74) is 0.528. The number of benzene rings is 1. The molecule has 0 spiro atoms. The van der Waals surface area contributed by atoms with Crippen molar-refractivity contribution in [2.75, 3.05) is 26.7 Å². The molecule has 1 N–H and O–H groups in total. The molecule has 5 nitrogen and oxygen atoms in total. The first-order chi connectivity index (χ1) is 13.0. The lowest BCUT2D eigenvalue weighted by Crippen LogP contribution is -2.48. The Hall–Kier alpha value is -1.60. The largest absolute Gasteiger partial charge is 0.490 e. The summed E-state index contributed by atoms with van der Waals surface area (Å²) in [5, 5.41) is 3.40. The van der Waals surface area contributed by atoms with E-state index in [4.69, 9.17) is 4.74 Å². The molecule has 1 heterocycles. The fourth-order valence-corrected chi connectivity index (χ4v) is 4.51. The maximum atomic E-state index is 13.3. The van der Waals surface area contributed by atoms with Gasteiger partial charge in [0.1, 0.15) is 0 Å². The topological polar surface area (TPSA) is 50.8 Å². The van der Waals surface area contributed by atoms with Crippen molar-refractivity contribution in [3.05, 3.63) is 23.8 Å². The number of carbonyl (C=O) groups excluding carboxylic acids is 1. The van der Waals surface area contributed by atoms with Crippen LogP contribution in [-0.2, 0) is 11.3 Å². The van der Waals surface area contributed by atoms with Gasteiger partial charge in [-0.2, -0.15) is 8.78 Å². The molecule has 1 aliphatic heterocycles. The zero-order chi connectivity index (χ0) is 19.4. The number of alkyl halides is 2. The number of nitrogens with one attached hydrogen (secondary N) is 1. The molecule has 1 aromatic rings. The number of nitrogens with zero attached hydrogens (tertiary/aromatic N) is 1. The van der Waals surface area contributed by atoms with Gasteiger partial charge in [-0.15, -0.1) is 12.4 Å². The Labute approximate surface area is 171 Å². The molecule has 28 heavy (non-hydrogen) atoms. The second-order valence-corrected chi connectivity index (χ2v) is 7.48. The molecule has 1 saturated carbocycles. The lowest BCUT2D eigenvalue weighted by atomic mass is 9.67. The van der Waals surface area contributed by atoms with Gasteiger partial charge in [0.2, 0.25) is 5.91 Å². The smallest absolute Gasteiger partial charge is 0.387 e. The zero-order valence-corrected chi connectivity index (χ0v) is 17.2. The highest BCUT2D eigenvalue weighted by molar-refractivity contribution is 5.85. The van der Waals surface area contributed by atoms with E-state index in [1.165, 1.54) is 12.5 Å². The van der Waals surface area contributed by atoms with Crippen LogP contribution in [0.4, 0.5) is 8.78 Å². The minimum Gasteiger partial charge on any atom is -0.490 e. The maximum Gasteiger partial charge on any atom is 0.387 e. The molecule has 158 valence electrons. The number of halogens is 3. The molecule has 0 unspecified atom stereocenters. The van der Waals surface area contributed by atoms with Gasteiger partial charge in [-0.25, -0.2) is 0 Å². The first kappa shape index (κ1) is 22.7. The number of hydrogen-bond acceptors (Lipinski definition) is 4. The van der Waals surface area contributed by atoms with Crippen molar-refractivity contribution in [3.63, 3.8) is 0 Å². The Morgan fingerprint density at radius 2 is 2.14 bits per heavy atom. The van der Waals surface area contributed by atoms with E-state index in [0.717, 1.165) is 37.9 Å². The summed E-state index contributed by atoms with van der Waals surface area (Å²) in [6, 6.07) is 4.85. The average Bonchev–Trinajstić information content (AvgIpc) is 3.08. The molecule has 1 saturated heterocycles. The van der Waals surface area contributed by atoms with E-state index < -0.39 is 6.61 Å². The second-order valence-electron chi connectivity index (χ2n) is 7.48. The van der Waals surface area contributed by atoms with E-state index in [9.17, 15) is 13.6 Å². The van der Waals surface area contributed by atoms with Crippen molar-refractivity contribution in [2.24, 2.45) is 11.3 Å². The summed E-state index contributed by atoms with van der Waals surface area (Å²) in [7, 11) is 1.81. The van der Waals surface area contributed by atoms with Crippen LogP contribution in [0.3, 0.4) is 0 Å². The van der Waals surface area contributed by atoms with Crippen molar-refractivity contribution in [1.29, 1.82) is 0 Å².